The molecule has 3 nitrogen and oxygen atoms in total. The normalized spacial score (nSPS) is 14.0. The van der Waals surface area contributed by atoms with Gasteiger partial charge in [0.2, 0.25) is 0 Å². The average Bonchev–Trinajstić information content (AvgIpc) is 2.86. The van der Waals surface area contributed by atoms with E-state index in [2.05, 4.69) is 83.1 Å². The van der Waals surface area contributed by atoms with Gasteiger partial charge < -0.3 is 14.4 Å². The van der Waals surface area contributed by atoms with Crippen LogP contribution < -0.4 is 4.90 Å². The molecule has 0 unspecified atom stereocenters. The molecule has 3 aromatic rings. The zero-order chi connectivity index (χ0) is 15.8. The lowest BCUT2D eigenvalue weighted by molar-refractivity contribution is 0.412. The quantitative estimate of drug-likeness (QED) is 0.731. The van der Waals surface area contributed by atoms with E-state index < -0.39 is 0 Å². The van der Waals surface area contributed by atoms with E-state index in [1.165, 1.54) is 27.8 Å². The molecule has 1 aromatic heterocycles. The summed E-state index contributed by atoms with van der Waals surface area (Å²) in [5.74, 6) is 0. The molecule has 2 heterocycles. The van der Waals surface area contributed by atoms with Crippen LogP contribution in [0, 0.1) is 0 Å². The first-order valence-electron chi connectivity index (χ1n) is 8.31. The van der Waals surface area contributed by atoms with Gasteiger partial charge in [-0.05, 0) is 32.3 Å². The Kier molecular flexibility index (Phi) is 3.58. The summed E-state index contributed by atoms with van der Waals surface area (Å²) in [6.07, 6.45) is 0. The maximum absolute atomic E-state index is 2.52. The number of anilines is 1. The van der Waals surface area contributed by atoms with Gasteiger partial charge in [-0.2, -0.15) is 0 Å². The summed E-state index contributed by atoms with van der Waals surface area (Å²) in [6, 6.07) is 19.9. The molecule has 0 radical (unpaired) electrons. The molecule has 0 fully saturated rings. The fourth-order valence-corrected chi connectivity index (χ4v) is 3.53. The molecular weight excluding hydrogens is 282 g/mol. The van der Waals surface area contributed by atoms with Crippen LogP contribution in [0.3, 0.4) is 0 Å². The highest BCUT2D eigenvalue weighted by atomic mass is 15.2. The first-order valence-corrected chi connectivity index (χ1v) is 8.31. The van der Waals surface area contributed by atoms with Crippen molar-refractivity contribution >= 4 is 16.6 Å². The van der Waals surface area contributed by atoms with Crippen molar-refractivity contribution in [3.8, 4) is 11.3 Å². The maximum Gasteiger partial charge on any atom is 0.0512 e. The van der Waals surface area contributed by atoms with Crippen LogP contribution in [-0.4, -0.2) is 43.2 Å². The monoisotopic (exact) mass is 305 g/mol. The highest BCUT2D eigenvalue weighted by Crippen LogP contribution is 2.36. The Bertz CT molecular complexity index is 832. The Morgan fingerprint density at radius 2 is 1.74 bits per heavy atom. The molecule has 1 aliphatic rings. The minimum Gasteiger partial charge on any atom is -0.368 e. The molecule has 0 N–H and O–H groups in total. The van der Waals surface area contributed by atoms with E-state index >= 15 is 0 Å². The molecule has 2 aromatic carbocycles. The van der Waals surface area contributed by atoms with Gasteiger partial charge in [-0.15, -0.1) is 0 Å². The summed E-state index contributed by atoms with van der Waals surface area (Å²) in [5, 5.41) is 1.33. The lowest BCUT2D eigenvalue weighted by Gasteiger charge is -2.26. The number of likely N-dealkylation sites (N-methyl/N-ethyl adjacent to an activating group) is 1. The first kappa shape index (κ1) is 14.3. The summed E-state index contributed by atoms with van der Waals surface area (Å²) >= 11 is 0. The first-order chi connectivity index (χ1) is 11.2. The summed E-state index contributed by atoms with van der Waals surface area (Å²) in [7, 11) is 4.28. The van der Waals surface area contributed by atoms with E-state index in [0.717, 1.165) is 26.2 Å². The molecule has 0 saturated carbocycles. The fourth-order valence-electron chi connectivity index (χ4n) is 3.53. The van der Waals surface area contributed by atoms with Gasteiger partial charge in [-0.3, -0.25) is 0 Å². The van der Waals surface area contributed by atoms with Gasteiger partial charge >= 0.3 is 0 Å². The van der Waals surface area contributed by atoms with Gasteiger partial charge in [0, 0.05) is 48.3 Å². The Hall–Kier alpha value is -2.26. The minimum atomic E-state index is 1.03. The topological polar surface area (TPSA) is 11.4 Å². The molecule has 0 spiro atoms. The summed E-state index contributed by atoms with van der Waals surface area (Å²) in [4.78, 5) is 4.78. The van der Waals surface area contributed by atoms with Crippen molar-refractivity contribution in [2.45, 2.75) is 6.54 Å². The van der Waals surface area contributed by atoms with E-state index in [-0.39, 0.29) is 0 Å². The SMILES string of the molecule is CN(C)CCN1CCn2c(cc3ccccc32)-c2ccccc21. The van der Waals surface area contributed by atoms with E-state index in [0.29, 0.717) is 0 Å². The Balaban J connectivity index is 1.83. The van der Waals surface area contributed by atoms with E-state index in [1.54, 1.807) is 0 Å². The maximum atomic E-state index is 2.52. The van der Waals surface area contributed by atoms with Gasteiger partial charge in [-0.25, -0.2) is 0 Å². The van der Waals surface area contributed by atoms with Gasteiger partial charge in [0.25, 0.3) is 0 Å². The highest BCUT2D eigenvalue weighted by Gasteiger charge is 2.20. The molecule has 0 atom stereocenters. The molecule has 118 valence electrons. The predicted molar refractivity (Wildman–Crippen MR) is 98.1 cm³/mol. The highest BCUT2D eigenvalue weighted by molar-refractivity contribution is 5.90. The van der Waals surface area contributed by atoms with Crippen molar-refractivity contribution in [1.29, 1.82) is 0 Å². The van der Waals surface area contributed by atoms with Crippen LogP contribution in [0.5, 0.6) is 0 Å². The standard InChI is InChI=1S/C20H23N3/c1-21(2)11-12-22-13-14-23-18-9-5-3-7-16(18)15-20(23)17-8-4-6-10-19(17)22/h3-10,15H,11-14H2,1-2H3. The van der Waals surface area contributed by atoms with Gasteiger partial charge in [-0.1, -0.05) is 36.4 Å². The van der Waals surface area contributed by atoms with Crippen LogP contribution in [0.15, 0.2) is 54.6 Å². The van der Waals surface area contributed by atoms with E-state index in [9.17, 15) is 0 Å². The minimum absolute atomic E-state index is 1.03. The number of aromatic nitrogens is 1. The zero-order valence-electron chi connectivity index (χ0n) is 13.9. The van der Waals surface area contributed by atoms with Gasteiger partial charge in [0.15, 0.2) is 0 Å². The second-order valence-electron chi connectivity index (χ2n) is 6.55. The number of para-hydroxylation sites is 2. The number of hydrogen-bond acceptors (Lipinski definition) is 2. The lowest BCUT2D eigenvalue weighted by Crippen LogP contribution is -2.33. The fraction of sp³-hybridized carbons (Fsp3) is 0.300. The number of nitrogens with zero attached hydrogens (tertiary/aromatic N) is 3. The van der Waals surface area contributed by atoms with Gasteiger partial charge in [0.1, 0.15) is 0 Å². The molecule has 3 heteroatoms. The molecule has 0 amide bonds. The van der Waals surface area contributed by atoms with E-state index in [1.807, 2.05) is 0 Å². The van der Waals surface area contributed by atoms with Crippen LogP contribution in [0.2, 0.25) is 0 Å². The molecular formula is C20H23N3. The number of fused-ring (bicyclic) bond motifs is 5. The molecule has 23 heavy (non-hydrogen) atoms. The van der Waals surface area contributed by atoms with Crippen LogP contribution in [0.25, 0.3) is 22.2 Å². The molecule has 1 aliphatic heterocycles. The van der Waals surface area contributed by atoms with Crippen LogP contribution in [0.1, 0.15) is 0 Å². The summed E-state index contributed by atoms with van der Waals surface area (Å²) in [5.41, 5.74) is 5.39. The van der Waals surface area contributed by atoms with Crippen molar-refractivity contribution in [2.75, 3.05) is 38.6 Å². The Morgan fingerprint density at radius 1 is 0.957 bits per heavy atom. The molecule has 0 saturated heterocycles. The molecule has 4 rings (SSSR count). The Labute approximate surface area is 137 Å². The second kappa shape index (κ2) is 5.74. The van der Waals surface area contributed by atoms with Crippen LogP contribution >= 0.6 is 0 Å². The van der Waals surface area contributed by atoms with Crippen molar-refractivity contribution < 1.29 is 0 Å². The largest absolute Gasteiger partial charge is 0.368 e. The van der Waals surface area contributed by atoms with Crippen molar-refractivity contribution in [1.82, 2.24) is 9.47 Å². The third-order valence-corrected chi connectivity index (χ3v) is 4.74. The molecule has 0 bridgehead atoms. The third-order valence-electron chi connectivity index (χ3n) is 4.74. The smallest absolute Gasteiger partial charge is 0.0512 e. The third kappa shape index (κ3) is 2.51. The summed E-state index contributed by atoms with van der Waals surface area (Å²) < 4.78 is 2.48. The molecule has 0 aliphatic carbocycles. The van der Waals surface area contributed by atoms with Crippen molar-refractivity contribution in [3.63, 3.8) is 0 Å². The number of rotatable bonds is 3. The second-order valence-corrected chi connectivity index (χ2v) is 6.55. The van der Waals surface area contributed by atoms with Crippen LogP contribution in [0.4, 0.5) is 5.69 Å². The van der Waals surface area contributed by atoms with E-state index in [4.69, 9.17) is 0 Å². The van der Waals surface area contributed by atoms with Crippen molar-refractivity contribution in [3.05, 3.63) is 54.6 Å². The Morgan fingerprint density at radius 3 is 2.61 bits per heavy atom. The van der Waals surface area contributed by atoms with Crippen molar-refractivity contribution in [2.24, 2.45) is 0 Å². The predicted octanol–water partition coefficient (Wildman–Crippen LogP) is 3.69. The summed E-state index contributed by atoms with van der Waals surface area (Å²) in [6.45, 7) is 4.22. The van der Waals surface area contributed by atoms with Gasteiger partial charge in [0.05, 0.1) is 5.69 Å². The number of benzene rings is 2. The van der Waals surface area contributed by atoms with Crippen LogP contribution in [-0.2, 0) is 6.54 Å². The number of hydrogen-bond donors (Lipinski definition) is 0. The average molecular weight is 305 g/mol. The lowest BCUT2D eigenvalue weighted by atomic mass is 10.1. The zero-order valence-corrected chi connectivity index (χ0v) is 13.9.